The van der Waals surface area contributed by atoms with Crippen molar-refractivity contribution in [1.29, 1.82) is 0 Å². The summed E-state index contributed by atoms with van der Waals surface area (Å²) >= 11 is 5.76. The molecule has 1 aromatic heterocycles. The maximum Gasteiger partial charge on any atom is 0.337 e. The molecule has 1 aromatic carbocycles. The van der Waals surface area contributed by atoms with Crippen LogP contribution in [0.4, 0.5) is 0 Å². The third-order valence-corrected chi connectivity index (χ3v) is 2.82. The van der Waals surface area contributed by atoms with Gasteiger partial charge in [-0.15, -0.1) is 0 Å². The van der Waals surface area contributed by atoms with Crippen molar-refractivity contribution in [2.75, 3.05) is 0 Å². The molecule has 2 rings (SSSR count). The number of carboxylic acids is 1. The lowest BCUT2D eigenvalue weighted by molar-refractivity contribution is 0.0696. The van der Waals surface area contributed by atoms with Crippen molar-refractivity contribution in [3.63, 3.8) is 0 Å². The molecule has 0 aliphatic heterocycles. The molecule has 0 aliphatic carbocycles. The first kappa shape index (κ1) is 14.1. The van der Waals surface area contributed by atoms with Crippen LogP contribution in [-0.4, -0.2) is 21.0 Å². The van der Waals surface area contributed by atoms with Gasteiger partial charge in [0.1, 0.15) is 11.6 Å². The highest BCUT2D eigenvalue weighted by molar-refractivity contribution is 6.33. The van der Waals surface area contributed by atoms with Crippen LogP contribution in [0.15, 0.2) is 29.1 Å². The van der Waals surface area contributed by atoms with E-state index in [-0.39, 0.29) is 27.8 Å². The van der Waals surface area contributed by atoms with Crippen LogP contribution in [0, 0.1) is 0 Å². The number of hydrogen-bond donors (Lipinski definition) is 2. The van der Waals surface area contributed by atoms with Gasteiger partial charge in [-0.25, -0.2) is 4.79 Å². The minimum absolute atomic E-state index is 0.0790. The van der Waals surface area contributed by atoms with E-state index in [1.807, 2.05) is 6.92 Å². The van der Waals surface area contributed by atoms with Crippen LogP contribution >= 0.6 is 11.6 Å². The third-order valence-electron chi connectivity index (χ3n) is 2.49. The van der Waals surface area contributed by atoms with Crippen molar-refractivity contribution in [3.05, 3.63) is 51.0 Å². The summed E-state index contributed by atoms with van der Waals surface area (Å²) in [6.07, 6.45) is 0.549. The Hall–Kier alpha value is -2.34. The molecular weight excluding hydrogens is 284 g/mol. The summed E-state index contributed by atoms with van der Waals surface area (Å²) in [5, 5.41) is 9.08. The van der Waals surface area contributed by atoms with Gasteiger partial charge in [-0.05, 0) is 18.2 Å². The fourth-order valence-corrected chi connectivity index (χ4v) is 1.75. The molecule has 0 spiro atoms. The Morgan fingerprint density at radius 2 is 2.20 bits per heavy atom. The Bertz CT molecular complexity index is 712. The zero-order chi connectivity index (χ0) is 14.7. The number of nitrogens with zero attached hydrogens (tertiary/aromatic N) is 1. The van der Waals surface area contributed by atoms with E-state index in [1.165, 1.54) is 24.3 Å². The highest BCUT2D eigenvalue weighted by atomic mass is 35.5. The Morgan fingerprint density at radius 3 is 2.85 bits per heavy atom. The highest BCUT2D eigenvalue weighted by Crippen LogP contribution is 2.25. The first-order valence-electron chi connectivity index (χ1n) is 5.80. The Labute approximate surface area is 119 Å². The summed E-state index contributed by atoms with van der Waals surface area (Å²) in [7, 11) is 0. The van der Waals surface area contributed by atoms with Gasteiger partial charge in [-0.2, -0.15) is 4.98 Å². The van der Waals surface area contributed by atoms with E-state index >= 15 is 0 Å². The standard InChI is InChI=1S/C13H11ClN2O4/c1-2-10-15-11(17)6-12(16-10)20-7-3-4-9(14)8(5-7)13(18)19/h3-6H,2H2,1H3,(H,18,19)(H,15,16,17). The summed E-state index contributed by atoms with van der Waals surface area (Å²) in [5.41, 5.74) is -0.413. The van der Waals surface area contributed by atoms with Crippen LogP contribution in [0.5, 0.6) is 11.6 Å². The number of aromatic amines is 1. The number of ether oxygens (including phenoxy) is 1. The van der Waals surface area contributed by atoms with Crippen LogP contribution < -0.4 is 10.3 Å². The maximum absolute atomic E-state index is 11.4. The monoisotopic (exact) mass is 294 g/mol. The van der Waals surface area contributed by atoms with E-state index in [2.05, 4.69) is 9.97 Å². The van der Waals surface area contributed by atoms with Gasteiger partial charge < -0.3 is 14.8 Å². The van der Waals surface area contributed by atoms with Crippen LogP contribution in [0.3, 0.4) is 0 Å². The molecule has 2 aromatic rings. The topological polar surface area (TPSA) is 92.3 Å². The van der Waals surface area contributed by atoms with E-state index in [4.69, 9.17) is 21.4 Å². The molecule has 7 heteroatoms. The van der Waals surface area contributed by atoms with Crippen LogP contribution in [0.25, 0.3) is 0 Å². The summed E-state index contributed by atoms with van der Waals surface area (Å²) in [4.78, 5) is 29.0. The minimum atomic E-state index is -1.16. The summed E-state index contributed by atoms with van der Waals surface area (Å²) in [6.45, 7) is 1.84. The molecule has 0 bridgehead atoms. The number of benzene rings is 1. The van der Waals surface area contributed by atoms with Gasteiger partial charge in [0.15, 0.2) is 0 Å². The Balaban J connectivity index is 2.35. The van der Waals surface area contributed by atoms with Gasteiger partial charge in [0, 0.05) is 6.42 Å². The number of aromatic carboxylic acids is 1. The number of nitrogens with one attached hydrogen (secondary N) is 1. The van der Waals surface area contributed by atoms with Crippen molar-refractivity contribution in [3.8, 4) is 11.6 Å². The normalized spacial score (nSPS) is 10.3. The second-order valence-electron chi connectivity index (χ2n) is 3.93. The number of aromatic nitrogens is 2. The van der Waals surface area contributed by atoms with E-state index in [0.29, 0.717) is 12.2 Å². The van der Waals surface area contributed by atoms with Gasteiger partial charge in [0.25, 0.3) is 5.56 Å². The first-order valence-corrected chi connectivity index (χ1v) is 6.18. The van der Waals surface area contributed by atoms with E-state index in [1.54, 1.807) is 0 Å². The van der Waals surface area contributed by atoms with E-state index in [9.17, 15) is 9.59 Å². The lowest BCUT2D eigenvalue weighted by Crippen LogP contribution is -2.10. The molecule has 2 N–H and O–H groups in total. The molecule has 0 atom stereocenters. The third kappa shape index (κ3) is 3.16. The zero-order valence-corrected chi connectivity index (χ0v) is 11.3. The summed E-state index contributed by atoms with van der Waals surface area (Å²) in [5.74, 6) is -0.329. The smallest absolute Gasteiger partial charge is 0.337 e. The molecule has 0 amide bonds. The highest BCUT2D eigenvalue weighted by Gasteiger charge is 2.11. The molecule has 0 saturated carbocycles. The number of aryl methyl sites for hydroxylation is 1. The second kappa shape index (κ2) is 5.75. The number of carboxylic acid groups (broad SMARTS) is 1. The Kier molecular flexibility index (Phi) is 4.05. The van der Waals surface area contributed by atoms with Crippen LogP contribution in [0.2, 0.25) is 5.02 Å². The predicted octanol–water partition coefficient (Wildman–Crippen LogP) is 2.48. The first-order chi connectivity index (χ1) is 9.49. The number of carbonyl (C=O) groups is 1. The number of rotatable bonds is 4. The van der Waals surface area contributed by atoms with Gasteiger partial charge in [-0.1, -0.05) is 18.5 Å². The largest absolute Gasteiger partial charge is 0.478 e. The van der Waals surface area contributed by atoms with Crippen molar-refractivity contribution < 1.29 is 14.6 Å². The molecule has 6 nitrogen and oxygen atoms in total. The minimum Gasteiger partial charge on any atom is -0.478 e. The fourth-order valence-electron chi connectivity index (χ4n) is 1.56. The second-order valence-corrected chi connectivity index (χ2v) is 4.34. The van der Waals surface area contributed by atoms with Gasteiger partial charge in [0.05, 0.1) is 16.7 Å². The fraction of sp³-hybridized carbons (Fsp3) is 0.154. The van der Waals surface area contributed by atoms with Gasteiger partial charge in [0.2, 0.25) is 5.88 Å². The quantitative estimate of drug-likeness (QED) is 0.903. The van der Waals surface area contributed by atoms with Gasteiger partial charge in [-0.3, -0.25) is 4.79 Å². The molecular formula is C13H11ClN2O4. The zero-order valence-electron chi connectivity index (χ0n) is 10.5. The van der Waals surface area contributed by atoms with Crippen LogP contribution in [0.1, 0.15) is 23.1 Å². The molecule has 0 fully saturated rings. The molecule has 0 saturated heterocycles. The van der Waals surface area contributed by atoms with E-state index < -0.39 is 5.97 Å². The number of halogens is 1. The lowest BCUT2D eigenvalue weighted by atomic mass is 10.2. The number of H-pyrrole nitrogens is 1. The summed E-state index contributed by atoms with van der Waals surface area (Å²) < 4.78 is 5.39. The molecule has 0 unspecified atom stereocenters. The average Bonchev–Trinajstić information content (AvgIpc) is 2.40. The summed E-state index contributed by atoms with van der Waals surface area (Å²) in [6, 6.07) is 5.38. The predicted molar refractivity (Wildman–Crippen MR) is 72.7 cm³/mol. The molecule has 0 aliphatic rings. The Morgan fingerprint density at radius 1 is 1.45 bits per heavy atom. The maximum atomic E-state index is 11.4. The van der Waals surface area contributed by atoms with Crippen LogP contribution in [-0.2, 0) is 6.42 Å². The van der Waals surface area contributed by atoms with Crippen molar-refractivity contribution in [2.24, 2.45) is 0 Å². The van der Waals surface area contributed by atoms with Crippen molar-refractivity contribution in [1.82, 2.24) is 9.97 Å². The molecule has 1 heterocycles. The average molecular weight is 295 g/mol. The van der Waals surface area contributed by atoms with Crippen molar-refractivity contribution in [2.45, 2.75) is 13.3 Å². The van der Waals surface area contributed by atoms with E-state index in [0.717, 1.165) is 0 Å². The molecule has 0 radical (unpaired) electrons. The number of hydrogen-bond acceptors (Lipinski definition) is 4. The molecule has 20 heavy (non-hydrogen) atoms. The lowest BCUT2D eigenvalue weighted by Gasteiger charge is -2.07. The molecule has 104 valence electrons. The van der Waals surface area contributed by atoms with Crippen molar-refractivity contribution >= 4 is 17.6 Å². The SMILES string of the molecule is CCc1nc(Oc2ccc(Cl)c(C(=O)O)c2)cc(=O)[nH]1. The van der Waals surface area contributed by atoms with Gasteiger partial charge >= 0.3 is 5.97 Å².